The number of piperazine rings is 1. The molecule has 1 N–H and O–H groups in total. The average molecular weight is 213 g/mol. The topological polar surface area (TPSA) is 18.5 Å². The normalized spacial score (nSPS) is 31.8. The molecule has 0 bridgehead atoms. The molecule has 0 radical (unpaired) electrons. The Hall–Kier alpha value is -0.120. The molecule has 0 aromatic heterocycles. The Balaban J connectivity index is 2.31. The number of rotatable bonds is 4. The first-order chi connectivity index (χ1) is 7.04. The van der Waals surface area contributed by atoms with Gasteiger partial charge in [0.15, 0.2) is 0 Å². The van der Waals surface area contributed by atoms with Crippen molar-refractivity contribution in [3.8, 4) is 0 Å². The molecule has 1 saturated heterocycles. The van der Waals surface area contributed by atoms with Gasteiger partial charge in [-0.1, -0.05) is 0 Å². The van der Waals surface area contributed by atoms with E-state index in [2.05, 4.69) is 42.9 Å². The maximum absolute atomic E-state index is 3.30. The van der Waals surface area contributed by atoms with Crippen molar-refractivity contribution in [3.05, 3.63) is 0 Å². The lowest BCUT2D eigenvalue weighted by molar-refractivity contribution is 0.0582. The van der Waals surface area contributed by atoms with Gasteiger partial charge in [0.25, 0.3) is 0 Å². The van der Waals surface area contributed by atoms with E-state index in [0.717, 1.165) is 0 Å². The molecule has 3 heteroatoms. The minimum atomic E-state index is 0.635. The Morgan fingerprint density at radius 3 is 2.27 bits per heavy atom. The minimum absolute atomic E-state index is 0.635. The molecule has 0 saturated carbocycles. The molecule has 15 heavy (non-hydrogen) atoms. The highest BCUT2D eigenvalue weighted by Gasteiger charge is 2.25. The van der Waals surface area contributed by atoms with E-state index in [0.29, 0.717) is 18.1 Å². The van der Waals surface area contributed by atoms with E-state index in [4.69, 9.17) is 0 Å². The fraction of sp³-hybridized carbons (Fsp3) is 1.00. The first kappa shape index (κ1) is 12.9. The molecular formula is C12H27N3. The predicted molar refractivity (Wildman–Crippen MR) is 66.3 cm³/mol. The van der Waals surface area contributed by atoms with E-state index in [9.17, 15) is 0 Å². The Morgan fingerprint density at radius 1 is 1.27 bits per heavy atom. The average Bonchev–Trinajstić information content (AvgIpc) is 2.22. The fourth-order valence-electron chi connectivity index (χ4n) is 2.22. The van der Waals surface area contributed by atoms with E-state index in [1.165, 1.54) is 26.1 Å². The van der Waals surface area contributed by atoms with Crippen LogP contribution in [0.2, 0.25) is 0 Å². The molecule has 3 nitrogen and oxygen atoms in total. The van der Waals surface area contributed by atoms with E-state index < -0.39 is 0 Å². The number of hydrogen-bond donors (Lipinski definition) is 1. The van der Waals surface area contributed by atoms with Gasteiger partial charge in [-0.2, -0.15) is 0 Å². The van der Waals surface area contributed by atoms with Crippen LogP contribution < -0.4 is 5.32 Å². The molecule has 3 unspecified atom stereocenters. The Bertz CT molecular complexity index is 172. The molecule has 90 valence electrons. The van der Waals surface area contributed by atoms with Gasteiger partial charge in [0.05, 0.1) is 0 Å². The van der Waals surface area contributed by atoms with Crippen molar-refractivity contribution >= 4 is 0 Å². The molecule has 3 atom stereocenters. The molecule has 1 rings (SSSR count). The molecule has 1 aliphatic rings. The lowest BCUT2D eigenvalue weighted by atomic mass is 10.1. The van der Waals surface area contributed by atoms with Crippen molar-refractivity contribution in [2.24, 2.45) is 0 Å². The van der Waals surface area contributed by atoms with E-state index in [-0.39, 0.29) is 0 Å². The van der Waals surface area contributed by atoms with Crippen molar-refractivity contribution in [1.82, 2.24) is 15.1 Å². The summed E-state index contributed by atoms with van der Waals surface area (Å²) < 4.78 is 0. The zero-order valence-corrected chi connectivity index (χ0v) is 11.0. The third-order valence-corrected chi connectivity index (χ3v) is 3.81. The Labute approximate surface area is 94.8 Å². The minimum Gasteiger partial charge on any atom is -0.317 e. The van der Waals surface area contributed by atoms with Gasteiger partial charge in [0.2, 0.25) is 0 Å². The second-order valence-electron chi connectivity index (χ2n) is 5.10. The number of nitrogens with zero attached hydrogens (tertiary/aromatic N) is 2. The lowest BCUT2D eigenvalue weighted by Crippen LogP contribution is -2.55. The van der Waals surface area contributed by atoms with E-state index in [1.54, 1.807) is 0 Å². The second kappa shape index (κ2) is 5.83. The van der Waals surface area contributed by atoms with Crippen LogP contribution in [0.3, 0.4) is 0 Å². The Morgan fingerprint density at radius 2 is 1.80 bits per heavy atom. The molecule has 0 aromatic carbocycles. The van der Waals surface area contributed by atoms with Crippen LogP contribution in [0.5, 0.6) is 0 Å². The van der Waals surface area contributed by atoms with Crippen molar-refractivity contribution in [3.63, 3.8) is 0 Å². The van der Waals surface area contributed by atoms with Gasteiger partial charge < -0.3 is 10.2 Å². The summed E-state index contributed by atoms with van der Waals surface area (Å²) in [6, 6.07) is 2.02. The van der Waals surface area contributed by atoms with Crippen LogP contribution in [0.1, 0.15) is 27.2 Å². The summed E-state index contributed by atoms with van der Waals surface area (Å²) in [6.45, 7) is 10.6. The van der Waals surface area contributed by atoms with Gasteiger partial charge in [-0.15, -0.1) is 0 Å². The summed E-state index contributed by atoms with van der Waals surface area (Å²) in [7, 11) is 4.28. The van der Waals surface area contributed by atoms with Gasteiger partial charge in [0, 0.05) is 31.2 Å². The molecule has 0 spiro atoms. The van der Waals surface area contributed by atoms with Gasteiger partial charge in [0.1, 0.15) is 0 Å². The summed E-state index contributed by atoms with van der Waals surface area (Å²) in [5, 5.41) is 3.30. The zero-order chi connectivity index (χ0) is 11.4. The van der Waals surface area contributed by atoms with Gasteiger partial charge in [-0.05, 0) is 47.8 Å². The van der Waals surface area contributed by atoms with Crippen LogP contribution in [0, 0.1) is 0 Å². The summed E-state index contributed by atoms with van der Waals surface area (Å²) in [5.74, 6) is 0. The number of likely N-dealkylation sites (N-methyl/N-ethyl adjacent to an activating group) is 1. The number of nitrogens with one attached hydrogen (secondary N) is 1. The molecule has 1 heterocycles. The molecule has 1 fully saturated rings. The number of hydrogen-bond acceptors (Lipinski definition) is 3. The van der Waals surface area contributed by atoms with Crippen LogP contribution >= 0.6 is 0 Å². The highest BCUT2D eigenvalue weighted by molar-refractivity contribution is 4.82. The van der Waals surface area contributed by atoms with Crippen LogP contribution in [0.4, 0.5) is 0 Å². The summed E-state index contributed by atoms with van der Waals surface area (Å²) in [6.07, 6.45) is 1.25. The summed E-state index contributed by atoms with van der Waals surface area (Å²) in [4.78, 5) is 5.08. The standard InChI is InChI=1S/C12H27N3/c1-10(13-4)6-7-15-8-11(2)14(5)12(3)9-15/h10-13H,6-9H2,1-5H3. The van der Waals surface area contributed by atoms with E-state index in [1.807, 2.05) is 7.05 Å². The maximum Gasteiger partial charge on any atom is 0.0195 e. The van der Waals surface area contributed by atoms with Gasteiger partial charge >= 0.3 is 0 Å². The highest BCUT2D eigenvalue weighted by Crippen LogP contribution is 2.13. The smallest absolute Gasteiger partial charge is 0.0195 e. The monoisotopic (exact) mass is 213 g/mol. The first-order valence-corrected chi connectivity index (χ1v) is 6.16. The van der Waals surface area contributed by atoms with Gasteiger partial charge in [-0.25, -0.2) is 0 Å². The highest BCUT2D eigenvalue weighted by atomic mass is 15.3. The molecule has 0 aliphatic carbocycles. The van der Waals surface area contributed by atoms with Crippen molar-refractivity contribution in [2.75, 3.05) is 33.7 Å². The first-order valence-electron chi connectivity index (χ1n) is 6.16. The van der Waals surface area contributed by atoms with Crippen LogP contribution in [0.15, 0.2) is 0 Å². The summed E-state index contributed by atoms with van der Waals surface area (Å²) in [5.41, 5.74) is 0. The molecule has 0 aromatic rings. The molecule has 0 amide bonds. The van der Waals surface area contributed by atoms with Gasteiger partial charge in [-0.3, -0.25) is 4.90 Å². The molecule has 1 aliphatic heterocycles. The SMILES string of the molecule is CNC(C)CCN1CC(C)N(C)C(C)C1. The molecular weight excluding hydrogens is 186 g/mol. The zero-order valence-electron chi connectivity index (χ0n) is 11.0. The predicted octanol–water partition coefficient (Wildman–Crippen LogP) is 1.01. The third kappa shape index (κ3) is 3.74. The largest absolute Gasteiger partial charge is 0.317 e. The van der Waals surface area contributed by atoms with Crippen molar-refractivity contribution < 1.29 is 0 Å². The maximum atomic E-state index is 3.30. The third-order valence-electron chi connectivity index (χ3n) is 3.81. The quantitative estimate of drug-likeness (QED) is 0.752. The Kier molecular flexibility index (Phi) is 5.03. The fourth-order valence-corrected chi connectivity index (χ4v) is 2.22. The second-order valence-corrected chi connectivity index (χ2v) is 5.10. The van der Waals surface area contributed by atoms with Crippen LogP contribution in [-0.2, 0) is 0 Å². The van der Waals surface area contributed by atoms with Crippen molar-refractivity contribution in [2.45, 2.75) is 45.3 Å². The van der Waals surface area contributed by atoms with Crippen molar-refractivity contribution in [1.29, 1.82) is 0 Å². The van der Waals surface area contributed by atoms with E-state index >= 15 is 0 Å². The summed E-state index contributed by atoms with van der Waals surface area (Å²) >= 11 is 0. The van der Waals surface area contributed by atoms with Crippen LogP contribution in [0.25, 0.3) is 0 Å². The van der Waals surface area contributed by atoms with Crippen LogP contribution in [-0.4, -0.2) is 61.7 Å². The lowest BCUT2D eigenvalue weighted by Gasteiger charge is -2.42.